The third-order valence-electron chi connectivity index (χ3n) is 4.38. The van der Waals surface area contributed by atoms with E-state index in [1.807, 2.05) is 0 Å². The van der Waals surface area contributed by atoms with E-state index < -0.39 is 5.97 Å². The molecule has 1 saturated carbocycles. The van der Waals surface area contributed by atoms with Gasteiger partial charge in [-0.05, 0) is 51.5 Å². The Morgan fingerprint density at radius 3 is 2.52 bits per heavy atom. The van der Waals surface area contributed by atoms with Gasteiger partial charge in [0.15, 0.2) is 0 Å². The molecular formula is C15H27N3O3. The summed E-state index contributed by atoms with van der Waals surface area (Å²) in [6.07, 6.45) is 3.31. The van der Waals surface area contributed by atoms with E-state index in [1.54, 1.807) is 0 Å². The molecule has 0 bridgehead atoms. The van der Waals surface area contributed by atoms with Crippen molar-refractivity contribution < 1.29 is 14.7 Å². The number of rotatable bonds is 7. The van der Waals surface area contributed by atoms with Crippen LogP contribution in [-0.4, -0.2) is 65.7 Å². The Labute approximate surface area is 126 Å². The second-order valence-corrected chi connectivity index (χ2v) is 6.65. The quantitative estimate of drug-likeness (QED) is 0.741. The molecule has 0 aromatic heterocycles. The number of amides is 2. The van der Waals surface area contributed by atoms with E-state index in [0.717, 1.165) is 32.4 Å². The molecule has 1 aliphatic carbocycles. The van der Waals surface area contributed by atoms with Crippen LogP contribution in [0.25, 0.3) is 0 Å². The van der Waals surface area contributed by atoms with Crippen LogP contribution in [-0.2, 0) is 4.79 Å². The molecule has 120 valence electrons. The molecule has 0 spiro atoms. The molecular weight excluding hydrogens is 270 g/mol. The summed E-state index contributed by atoms with van der Waals surface area (Å²) in [7, 11) is 0. The second-order valence-electron chi connectivity index (χ2n) is 6.65. The van der Waals surface area contributed by atoms with E-state index in [1.165, 1.54) is 4.90 Å². The number of aliphatic carboxylic acids is 1. The van der Waals surface area contributed by atoms with E-state index in [4.69, 9.17) is 5.11 Å². The Bertz CT molecular complexity index is 382. The third kappa shape index (κ3) is 5.19. The van der Waals surface area contributed by atoms with Gasteiger partial charge < -0.3 is 20.2 Å². The smallest absolute Gasteiger partial charge is 0.323 e. The topological polar surface area (TPSA) is 72.9 Å². The fraction of sp³-hybridized carbons (Fsp3) is 0.867. The maximum atomic E-state index is 12.2. The minimum atomic E-state index is -0.947. The fourth-order valence-corrected chi connectivity index (χ4v) is 2.84. The standard InChI is InChI=1S/C15H27N3O3/c1-11(2)17-6-5-13(9-17)7-16-15(21)18(10-14(19)20)8-12-3-4-12/h11-13H,3-10H2,1-2H3,(H,16,21)(H,19,20). The number of carbonyl (C=O) groups is 2. The van der Waals surface area contributed by atoms with Crippen molar-refractivity contribution in [2.45, 2.75) is 39.2 Å². The van der Waals surface area contributed by atoms with Crippen LogP contribution in [0.4, 0.5) is 4.79 Å². The van der Waals surface area contributed by atoms with Crippen molar-refractivity contribution in [3.63, 3.8) is 0 Å². The number of nitrogens with one attached hydrogen (secondary N) is 1. The molecule has 1 unspecified atom stereocenters. The zero-order valence-corrected chi connectivity index (χ0v) is 13.0. The average Bonchev–Trinajstić information content (AvgIpc) is 3.09. The van der Waals surface area contributed by atoms with Gasteiger partial charge in [0.05, 0.1) is 0 Å². The second kappa shape index (κ2) is 7.11. The molecule has 1 atom stereocenters. The van der Waals surface area contributed by atoms with Crippen LogP contribution in [0.3, 0.4) is 0 Å². The molecule has 2 amide bonds. The average molecular weight is 297 g/mol. The lowest BCUT2D eigenvalue weighted by Gasteiger charge is -2.23. The van der Waals surface area contributed by atoms with Gasteiger partial charge in [0, 0.05) is 25.7 Å². The molecule has 1 aliphatic heterocycles. The van der Waals surface area contributed by atoms with Gasteiger partial charge in [-0.2, -0.15) is 0 Å². The van der Waals surface area contributed by atoms with E-state index >= 15 is 0 Å². The highest BCUT2D eigenvalue weighted by Crippen LogP contribution is 2.29. The lowest BCUT2D eigenvalue weighted by atomic mass is 10.1. The Balaban J connectivity index is 1.74. The molecule has 6 nitrogen and oxygen atoms in total. The van der Waals surface area contributed by atoms with Gasteiger partial charge in [-0.15, -0.1) is 0 Å². The van der Waals surface area contributed by atoms with E-state index in [-0.39, 0.29) is 12.6 Å². The molecule has 2 fully saturated rings. The number of carboxylic acids is 1. The largest absolute Gasteiger partial charge is 0.480 e. The van der Waals surface area contributed by atoms with Crippen molar-refractivity contribution in [2.24, 2.45) is 11.8 Å². The Hall–Kier alpha value is -1.30. The molecule has 1 saturated heterocycles. The number of carbonyl (C=O) groups excluding carboxylic acids is 1. The summed E-state index contributed by atoms with van der Waals surface area (Å²) >= 11 is 0. The summed E-state index contributed by atoms with van der Waals surface area (Å²) in [4.78, 5) is 26.9. The number of nitrogens with zero attached hydrogens (tertiary/aromatic N) is 2. The van der Waals surface area contributed by atoms with E-state index in [9.17, 15) is 9.59 Å². The lowest BCUT2D eigenvalue weighted by molar-refractivity contribution is -0.137. The minimum absolute atomic E-state index is 0.203. The zero-order chi connectivity index (χ0) is 15.4. The van der Waals surface area contributed by atoms with Crippen molar-refractivity contribution in [2.75, 3.05) is 32.7 Å². The van der Waals surface area contributed by atoms with Crippen molar-refractivity contribution in [3.8, 4) is 0 Å². The van der Waals surface area contributed by atoms with Crippen LogP contribution in [0.1, 0.15) is 33.1 Å². The van der Waals surface area contributed by atoms with Gasteiger partial charge in [0.25, 0.3) is 0 Å². The Morgan fingerprint density at radius 1 is 1.29 bits per heavy atom. The van der Waals surface area contributed by atoms with Crippen LogP contribution >= 0.6 is 0 Å². The summed E-state index contributed by atoms with van der Waals surface area (Å²) in [5.41, 5.74) is 0. The molecule has 21 heavy (non-hydrogen) atoms. The van der Waals surface area contributed by atoms with Crippen LogP contribution < -0.4 is 5.32 Å². The summed E-state index contributed by atoms with van der Waals surface area (Å²) in [5.74, 6) is 0.0274. The highest BCUT2D eigenvalue weighted by atomic mass is 16.4. The van der Waals surface area contributed by atoms with Crippen molar-refractivity contribution >= 4 is 12.0 Å². The molecule has 0 aromatic rings. The monoisotopic (exact) mass is 297 g/mol. The van der Waals surface area contributed by atoms with Gasteiger partial charge in [-0.1, -0.05) is 0 Å². The fourth-order valence-electron chi connectivity index (χ4n) is 2.84. The highest BCUT2D eigenvalue weighted by Gasteiger charge is 2.29. The highest BCUT2D eigenvalue weighted by molar-refractivity contribution is 5.80. The SMILES string of the molecule is CC(C)N1CCC(CNC(=O)N(CC(=O)O)CC2CC2)C1. The summed E-state index contributed by atoms with van der Waals surface area (Å²) in [6.45, 7) is 7.48. The predicted molar refractivity (Wildman–Crippen MR) is 80.1 cm³/mol. The van der Waals surface area contributed by atoms with Crippen LogP contribution in [0.2, 0.25) is 0 Å². The normalized spacial score (nSPS) is 22.5. The molecule has 2 aliphatic rings. The predicted octanol–water partition coefficient (Wildman–Crippen LogP) is 1.22. The number of hydrogen-bond donors (Lipinski definition) is 2. The Kier molecular flexibility index (Phi) is 5.45. The number of carboxylic acid groups (broad SMARTS) is 1. The van der Waals surface area contributed by atoms with Gasteiger partial charge in [0.1, 0.15) is 6.54 Å². The van der Waals surface area contributed by atoms with Crippen LogP contribution in [0, 0.1) is 11.8 Å². The van der Waals surface area contributed by atoms with Gasteiger partial charge in [-0.25, -0.2) is 4.79 Å². The van der Waals surface area contributed by atoms with Gasteiger partial charge in [-0.3, -0.25) is 4.79 Å². The van der Waals surface area contributed by atoms with Gasteiger partial charge >= 0.3 is 12.0 Å². The van der Waals surface area contributed by atoms with E-state index in [2.05, 4.69) is 24.1 Å². The molecule has 0 radical (unpaired) electrons. The minimum Gasteiger partial charge on any atom is -0.480 e. The van der Waals surface area contributed by atoms with Crippen LogP contribution in [0.5, 0.6) is 0 Å². The summed E-state index contributed by atoms with van der Waals surface area (Å²) < 4.78 is 0. The van der Waals surface area contributed by atoms with Crippen LogP contribution in [0.15, 0.2) is 0 Å². The maximum absolute atomic E-state index is 12.2. The number of likely N-dealkylation sites (tertiary alicyclic amines) is 1. The first-order chi connectivity index (χ1) is 9.95. The van der Waals surface area contributed by atoms with E-state index in [0.29, 0.717) is 31.0 Å². The summed E-state index contributed by atoms with van der Waals surface area (Å²) in [5, 5.41) is 11.8. The third-order valence-corrected chi connectivity index (χ3v) is 4.38. The first kappa shape index (κ1) is 16.1. The molecule has 2 N–H and O–H groups in total. The number of hydrogen-bond acceptors (Lipinski definition) is 3. The molecule has 2 rings (SSSR count). The molecule has 1 heterocycles. The van der Waals surface area contributed by atoms with Crippen molar-refractivity contribution in [1.82, 2.24) is 15.1 Å². The maximum Gasteiger partial charge on any atom is 0.323 e. The lowest BCUT2D eigenvalue weighted by Crippen LogP contribution is -2.45. The summed E-state index contributed by atoms with van der Waals surface area (Å²) in [6, 6.07) is 0.316. The van der Waals surface area contributed by atoms with Crippen molar-refractivity contribution in [3.05, 3.63) is 0 Å². The molecule has 6 heteroatoms. The van der Waals surface area contributed by atoms with Crippen molar-refractivity contribution in [1.29, 1.82) is 0 Å². The Morgan fingerprint density at radius 2 is 2.00 bits per heavy atom. The first-order valence-corrected chi connectivity index (χ1v) is 7.94. The van der Waals surface area contributed by atoms with Gasteiger partial charge in [0.2, 0.25) is 0 Å². The molecule has 0 aromatic carbocycles. The zero-order valence-electron chi connectivity index (χ0n) is 13.0. The number of urea groups is 1. The first-order valence-electron chi connectivity index (χ1n) is 7.94.